The molecule has 0 radical (unpaired) electrons. The highest BCUT2D eigenvalue weighted by Crippen LogP contribution is 2.24. The Bertz CT molecular complexity index is 814. The van der Waals surface area contributed by atoms with Crippen molar-refractivity contribution in [1.29, 1.82) is 0 Å². The molecule has 0 saturated heterocycles. The highest BCUT2D eigenvalue weighted by atomic mass is 32.1. The van der Waals surface area contributed by atoms with Crippen LogP contribution in [-0.4, -0.2) is 21.9 Å². The number of hydrogen-bond acceptors (Lipinski definition) is 5. The number of fused-ring (bicyclic) bond motifs is 1. The van der Waals surface area contributed by atoms with Crippen LogP contribution in [0.15, 0.2) is 48.7 Å². The van der Waals surface area contributed by atoms with Crippen molar-refractivity contribution < 1.29 is 9.90 Å². The quantitative estimate of drug-likeness (QED) is 0.672. The minimum Gasteiger partial charge on any atom is -0.392 e. The van der Waals surface area contributed by atoms with E-state index in [9.17, 15) is 4.79 Å². The van der Waals surface area contributed by atoms with Crippen molar-refractivity contribution in [3.05, 3.63) is 59.8 Å². The molecule has 0 aliphatic heterocycles. The van der Waals surface area contributed by atoms with Gasteiger partial charge in [0.25, 0.3) is 0 Å². The molecule has 3 rings (SSSR count). The van der Waals surface area contributed by atoms with Crippen molar-refractivity contribution in [2.45, 2.75) is 12.5 Å². The van der Waals surface area contributed by atoms with E-state index in [1.165, 1.54) is 11.5 Å². The second-order valence-electron chi connectivity index (χ2n) is 5.26. The number of carbonyl (C=O) groups is 1. The van der Waals surface area contributed by atoms with E-state index in [0.29, 0.717) is 0 Å². The summed E-state index contributed by atoms with van der Waals surface area (Å²) in [6, 6.07) is 13.0. The zero-order chi connectivity index (χ0) is 16.2. The average Bonchev–Trinajstić information content (AvgIpc) is 3.04. The third-order valence-corrected chi connectivity index (χ3v) is 4.50. The van der Waals surface area contributed by atoms with Gasteiger partial charge in [0.1, 0.15) is 0 Å². The van der Waals surface area contributed by atoms with Crippen molar-refractivity contribution in [2.75, 3.05) is 11.9 Å². The van der Waals surface area contributed by atoms with Crippen LogP contribution in [0.1, 0.15) is 17.0 Å². The standard InChI is InChI=1S/C17H17N3O2S/c18-8-15(12-3-1-11(10-21)2-4-12)17(22)20-14-6-5-13-9-19-23-16(13)7-14/h1-7,9,15,21H,8,10,18H2,(H,20,22). The summed E-state index contributed by atoms with van der Waals surface area (Å²) in [7, 11) is 0. The molecule has 1 aromatic heterocycles. The summed E-state index contributed by atoms with van der Waals surface area (Å²) < 4.78 is 5.15. The monoisotopic (exact) mass is 327 g/mol. The van der Waals surface area contributed by atoms with E-state index in [1.54, 1.807) is 18.3 Å². The van der Waals surface area contributed by atoms with Gasteiger partial charge in [-0.15, -0.1) is 0 Å². The molecule has 1 heterocycles. The fourth-order valence-electron chi connectivity index (χ4n) is 2.42. The maximum atomic E-state index is 12.5. The Morgan fingerprint density at radius 3 is 2.74 bits per heavy atom. The summed E-state index contributed by atoms with van der Waals surface area (Å²) in [5.74, 6) is -0.576. The zero-order valence-corrected chi connectivity index (χ0v) is 13.2. The Morgan fingerprint density at radius 1 is 1.26 bits per heavy atom. The molecule has 1 atom stereocenters. The largest absolute Gasteiger partial charge is 0.392 e. The number of aliphatic hydroxyl groups excluding tert-OH is 1. The molecular formula is C17H17N3O2S. The number of carbonyl (C=O) groups excluding carboxylic acids is 1. The number of aromatic nitrogens is 1. The fourth-order valence-corrected chi connectivity index (χ4v) is 3.10. The van der Waals surface area contributed by atoms with Crippen molar-refractivity contribution in [3.8, 4) is 0 Å². The fraction of sp³-hybridized carbons (Fsp3) is 0.176. The minimum atomic E-state index is -0.431. The van der Waals surface area contributed by atoms with E-state index in [2.05, 4.69) is 9.69 Å². The van der Waals surface area contributed by atoms with E-state index >= 15 is 0 Å². The lowest BCUT2D eigenvalue weighted by atomic mass is 9.97. The number of nitrogens with zero attached hydrogens (tertiary/aromatic N) is 1. The maximum absolute atomic E-state index is 12.5. The highest BCUT2D eigenvalue weighted by molar-refractivity contribution is 7.13. The molecule has 0 saturated carbocycles. The van der Waals surface area contributed by atoms with Gasteiger partial charge in [-0.2, -0.15) is 4.37 Å². The predicted octanol–water partition coefficient (Wildman–Crippen LogP) is 2.47. The number of aliphatic hydroxyl groups is 1. The smallest absolute Gasteiger partial charge is 0.233 e. The minimum absolute atomic E-state index is 0.0192. The van der Waals surface area contributed by atoms with E-state index in [4.69, 9.17) is 10.8 Å². The first-order chi connectivity index (χ1) is 11.2. The van der Waals surface area contributed by atoms with Crippen molar-refractivity contribution in [3.63, 3.8) is 0 Å². The lowest BCUT2D eigenvalue weighted by molar-refractivity contribution is -0.117. The summed E-state index contributed by atoms with van der Waals surface area (Å²) in [6.45, 7) is 0.196. The molecular weight excluding hydrogens is 310 g/mol. The van der Waals surface area contributed by atoms with Crippen LogP contribution in [0.2, 0.25) is 0 Å². The van der Waals surface area contributed by atoms with Gasteiger partial charge in [0.15, 0.2) is 0 Å². The van der Waals surface area contributed by atoms with Gasteiger partial charge in [-0.3, -0.25) is 4.79 Å². The molecule has 0 fully saturated rings. The maximum Gasteiger partial charge on any atom is 0.233 e. The lowest BCUT2D eigenvalue weighted by Crippen LogP contribution is -2.27. The van der Waals surface area contributed by atoms with Crippen LogP contribution < -0.4 is 11.1 Å². The number of benzene rings is 2. The summed E-state index contributed by atoms with van der Waals surface area (Å²) >= 11 is 1.39. The van der Waals surface area contributed by atoms with Gasteiger partial charge in [0.05, 0.1) is 17.2 Å². The van der Waals surface area contributed by atoms with Crippen LogP contribution in [0.25, 0.3) is 10.1 Å². The van der Waals surface area contributed by atoms with Gasteiger partial charge in [0, 0.05) is 23.8 Å². The molecule has 5 nitrogen and oxygen atoms in total. The summed E-state index contributed by atoms with van der Waals surface area (Å²) in [4.78, 5) is 12.5. The van der Waals surface area contributed by atoms with Crippen LogP contribution in [-0.2, 0) is 11.4 Å². The molecule has 3 aromatic rings. The van der Waals surface area contributed by atoms with E-state index in [0.717, 1.165) is 26.9 Å². The first kappa shape index (κ1) is 15.6. The molecule has 0 bridgehead atoms. The first-order valence-electron chi connectivity index (χ1n) is 7.26. The lowest BCUT2D eigenvalue weighted by Gasteiger charge is -2.16. The van der Waals surface area contributed by atoms with Crippen LogP contribution in [0.3, 0.4) is 0 Å². The van der Waals surface area contributed by atoms with Gasteiger partial charge in [-0.05, 0) is 40.9 Å². The number of anilines is 1. The molecule has 23 heavy (non-hydrogen) atoms. The Balaban J connectivity index is 1.78. The van der Waals surface area contributed by atoms with Crippen molar-refractivity contribution in [1.82, 2.24) is 4.37 Å². The predicted molar refractivity (Wildman–Crippen MR) is 92.4 cm³/mol. The first-order valence-corrected chi connectivity index (χ1v) is 8.03. The van der Waals surface area contributed by atoms with E-state index < -0.39 is 5.92 Å². The summed E-state index contributed by atoms with van der Waals surface area (Å²) in [5.41, 5.74) is 8.16. The molecule has 0 spiro atoms. The molecule has 118 valence electrons. The molecule has 6 heteroatoms. The van der Waals surface area contributed by atoms with Crippen molar-refractivity contribution in [2.24, 2.45) is 5.73 Å². The van der Waals surface area contributed by atoms with Crippen molar-refractivity contribution >= 4 is 33.2 Å². The molecule has 2 aromatic carbocycles. The van der Waals surface area contributed by atoms with E-state index in [-0.39, 0.29) is 19.1 Å². The SMILES string of the molecule is NCC(C(=O)Nc1ccc2cnsc2c1)c1ccc(CO)cc1. The van der Waals surface area contributed by atoms with E-state index in [1.807, 2.05) is 30.3 Å². The summed E-state index contributed by atoms with van der Waals surface area (Å²) in [6.07, 6.45) is 1.80. The zero-order valence-electron chi connectivity index (χ0n) is 12.4. The topological polar surface area (TPSA) is 88.2 Å². The Morgan fingerprint density at radius 2 is 2.04 bits per heavy atom. The average molecular weight is 327 g/mol. The Labute approximate surface area is 137 Å². The highest BCUT2D eigenvalue weighted by Gasteiger charge is 2.19. The van der Waals surface area contributed by atoms with Crippen LogP contribution in [0.4, 0.5) is 5.69 Å². The molecule has 0 aliphatic carbocycles. The second kappa shape index (κ2) is 6.87. The molecule has 1 amide bonds. The number of hydrogen-bond donors (Lipinski definition) is 3. The normalized spacial score (nSPS) is 12.3. The van der Waals surface area contributed by atoms with Crippen LogP contribution >= 0.6 is 11.5 Å². The molecule has 4 N–H and O–H groups in total. The third kappa shape index (κ3) is 3.39. The van der Waals surface area contributed by atoms with Gasteiger partial charge in [-0.1, -0.05) is 24.3 Å². The third-order valence-electron chi connectivity index (χ3n) is 3.74. The van der Waals surface area contributed by atoms with Crippen LogP contribution in [0.5, 0.6) is 0 Å². The van der Waals surface area contributed by atoms with Gasteiger partial charge < -0.3 is 16.2 Å². The number of amides is 1. The number of nitrogens with two attached hydrogens (primary N) is 1. The number of rotatable bonds is 5. The molecule has 1 unspecified atom stereocenters. The van der Waals surface area contributed by atoms with Crippen LogP contribution in [0, 0.1) is 0 Å². The second-order valence-corrected chi connectivity index (χ2v) is 6.09. The Hall–Kier alpha value is -2.28. The van der Waals surface area contributed by atoms with Gasteiger partial charge in [-0.25, -0.2) is 0 Å². The summed E-state index contributed by atoms with van der Waals surface area (Å²) in [5, 5.41) is 13.1. The Kier molecular flexibility index (Phi) is 4.66. The van der Waals surface area contributed by atoms with Gasteiger partial charge >= 0.3 is 0 Å². The van der Waals surface area contributed by atoms with Gasteiger partial charge in [0.2, 0.25) is 5.91 Å². The molecule has 0 aliphatic rings. The number of nitrogens with one attached hydrogen (secondary N) is 1.